The molecule has 1 rings (SSSR count). The van der Waals surface area contributed by atoms with Gasteiger partial charge in [-0.1, -0.05) is 0 Å². The molecule has 0 aliphatic carbocycles. The first-order valence-electron chi connectivity index (χ1n) is 3.71. The van der Waals surface area contributed by atoms with Crippen LogP contribution in [0.1, 0.15) is 0 Å². The molecular formula is C7H13N3S. The van der Waals surface area contributed by atoms with Gasteiger partial charge >= 0.3 is 0 Å². The van der Waals surface area contributed by atoms with Gasteiger partial charge in [-0.25, -0.2) is 4.98 Å². The van der Waals surface area contributed by atoms with E-state index in [-0.39, 0.29) is 0 Å². The fourth-order valence-corrected chi connectivity index (χ4v) is 0.989. The van der Waals surface area contributed by atoms with Gasteiger partial charge in [0.15, 0.2) is 0 Å². The molecule has 0 bridgehead atoms. The normalized spacial score (nSPS) is 10.3. The molecule has 0 atom stereocenters. The van der Waals surface area contributed by atoms with Crippen LogP contribution < -0.4 is 5.32 Å². The lowest BCUT2D eigenvalue weighted by Gasteiger charge is -2.02. The molecule has 1 aromatic rings. The van der Waals surface area contributed by atoms with Gasteiger partial charge in [-0.3, -0.25) is 0 Å². The Hall–Kier alpha value is -0.480. The van der Waals surface area contributed by atoms with Crippen LogP contribution >= 0.6 is 12.6 Å². The topological polar surface area (TPSA) is 29.9 Å². The van der Waals surface area contributed by atoms with E-state index < -0.39 is 0 Å². The molecule has 0 aliphatic heterocycles. The number of imidazole rings is 1. The van der Waals surface area contributed by atoms with E-state index in [0.29, 0.717) is 0 Å². The zero-order valence-corrected chi connectivity index (χ0v) is 7.30. The zero-order valence-electron chi connectivity index (χ0n) is 6.40. The van der Waals surface area contributed by atoms with E-state index in [1.54, 1.807) is 6.20 Å². The highest BCUT2D eigenvalue weighted by Gasteiger charge is 1.87. The summed E-state index contributed by atoms with van der Waals surface area (Å²) in [7, 11) is 0. The fourth-order valence-electron chi connectivity index (χ4n) is 0.831. The Morgan fingerprint density at radius 1 is 1.45 bits per heavy atom. The van der Waals surface area contributed by atoms with Crippen molar-refractivity contribution in [2.45, 2.75) is 6.54 Å². The largest absolute Gasteiger partial charge is 0.336 e. The Labute approximate surface area is 72.2 Å². The van der Waals surface area contributed by atoms with Crippen molar-refractivity contribution in [2.75, 3.05) is 18.8 Å². The molecule has 0 saturated carbocycles. The van der Waals surface area contributed by atoms with Crippen LogP contribution in [0.5, 0.6) is 0 Å². The van der Waals surface area contributed by atoms with Crippen molar-refractivity contribution in [3.05, 3.63) is 18.7 Å². The van der Waals surface area contributed by atoms with Crippen molar-refractivity contribution in [2.24, 2.45) is 0 Å². The molecule has 0 spiro atoms. The van der Waals surface area contributed by atoms with Gasteiger partial charge in [0, 0.05) is 37.8 Å². The molecule has 0 unspecified atom stereocenters. The van der Waals surface area contributed by atoms with Crippen LogP contribution in [0.3, 0.4) is 0 Å². The van der Waals surface area contributed by atoms with Crippen molar-refractivity contribution in [1.82, 2.24) is 14.9 Å². The minimum Gasteiger partial charge on any atom is -0.336 e. The second kappa shape index (κ2) is 5.21. The summed E-state index contributed by atoms with van der Waals surface area (Å²) < 4.78 is 2.05. The van der Waals surface area contributed by atoms with Gasteiger partial charge in [-0.05, 0) is 0 Å². The fraction of sp³-hybridized carbons (Fsp3) is 0.571. The summed E-state index contributed by atoms with van der Waals surface area (Å²) in [4.78, 5) is 3.94. The molecular weight excluding hydrogens is 158 g/mol. The molecule has 3 nitrogen and oxygen atoms in total. The summed E-state index contributed by atoms with van der Waals surface area (Å²) in [6.07, 6.45) is 5.57. The van der Waals surface area contributed by atoms with Crippen molar-refractivity contribution >= 4 is 12.6 Å². The molecule has 62 valence electrons. The van der Waals surface area contributed by atoms with Gasteiger partial charge in [-0.15, -0.1) is 0 Å². The summed E-state index contributed by atoms with van der Waals surface area (Å²) >= 11 is 4.09. The lowest BCUT2D eigenvalue weighted by molar-refractivity contribution is 0.615. The highest BCUT2D eigenvalue weighted by molar-refractivity contribution is 7.80. The summed E-state index contributed by atoms with van der Waals surface area (Å²) in [5.74, 6) is 0.893. The number of aromatic nitrogens is 2. The minimum atomic E-state index is 0.893. The number of nitrogens with zero attached hydrogens (tertiary/aromatic N) is 2. The lowest BCUT2D eigenvalue weighted by Crippen LogP contribution is -2.21. The zero-order chi connectivity index (χ0) is 7.94. The number of rotatable bonds is 5. The van der Waals surface area contributed by atoms with E-state index in [4.69, 9.17) is 0 Å². The van der Waals surface area contributed by atoms with E-state index >= 15 is 0 Å². The second-order valence-electron chi connectivity index (χ2n) is 2.27. The van der Waals surface area contributed by atoms with Crippen LogP contribution in [-0.4, -0.2) is 28.4 Å². The van der Waals surface area contributed by atoms with Crippen LogP contribution in [0.25, 0.3) is 0 Å². The summed E-state index contributed by atoms with van der Waals surface area (Å²) in [5, 5.41) is 3.25. The van der Waals surface area contributed by atoms with E-state index in [9.17, 15) is 0 Å². The maximum Gasteiger partial charge on any atom is 0.0946 e. The first-order chi connectivity index (χ1) is 5.43. The summed E-state index contributed by atoms with van der Waals surface area (Å²) in [6.45, 7) is 2.93. The molecule has 0 amide bonds. The van der Waals surface area contributed by atoms with Crippen molar-refractivity contribution < 1.29 is 0 Å². The van der Waals surface area contributed by atoms with Crippen molar-refractivity contribution in [1.29, 1.82) is 0 Å². The molecule has 11 heavy (non-hydrogen) atoms. The SMILES string of the molecule is SCCNCCn1ccnc1. The Morgan fingerprint density at radius 2 is 2.36 bits per heavy atom. The Bertz CT molecular complexity index is 174. The van der Waals surface area contributed by atoms with Crippen molar-refractivity contribution in [3.63, 3.8) is 0 Å². The van der Waals surface area contributed by atoms with E-state index in [0.717, 1.165) is 25.4 Å². The highest BCUT2D eigenvalue weighted by atomic mass is 32.1. The molecule has 0 radical (unpaired) electrons. The van der Waals surface area contributed by atoms with E-state index in [2.05, 4.69) is 22.9 Å². The van der Waals surface area contributed by atoms with Gasteiger partial charge in [0.25, 0.3) is 0 Å². The maximum atomic E-state index is 4.09. The standard InChI is InChI=1S/C7H13N3S/c11-6-3-8-1-4-10-5-2-9-7-10/h2,5,7-8,11H,1,3-4,6H2. The van der Waals surface area contributed by atoms with Gasteiger partial charge in [-0.2, -0.15) is 12.6 Å². The third-order valence-corrected chi connectivity index (χ3v) is 1.62. The first-order valence-corrected chi connectivity index (χ1v) is 4.34. The molecule has 1 N–H and O–H groups in total. The Balaban J connectivity index is 2.04. The van der Waals surface area contributed by atoms with Crippen LogP contribution in [0, 0.1) is 0 Å². The predicted octanol–water partition coefficient (Wildman–Crippen LogP) is 0.402. The highest BCUT2D eigenvalue weighted by Crippen LogP contribution is 1.83. The lowest BCUT2D eigenvalue weighted by atomic mass is 10.6. The van der Waals surface area contributed by atoms with Crippen LogP contribution in [0.15, 0.2) is 18.7 Å². The number of hydrogen-bond acceptors (Lipinski definition) is 3. The monoisotopic (exact) mass is 171 g/mol. The molecule has 0 aromatic carbocycles. The number of nitrogens with one attached hydrogen (secondary N) is 1. The molecule has 0 saturated heterocycles. The summed E-state index contributed by atoms with van der Waals surface area (Å²) in [5.41, 5.74) is 0. The van der Waals surface area contributed by atoms with Gasteiger partial charge in [0.2, 0.25) is 0 Å². The number of thiol groups is 1. The molecule has 0 aliphatic rings. The van der Waals surface area contributed by atoms with Crippen molar-refractivity contribution in [3.8, 4) is 0 Å². The smallest absolute Gasteiger partial charge is 0.0946 e. The van der Waals surface area contributed by atoms with E-state index in [1.165, 1.54) is 0 Å². The van der Waals surface area contributed by atoms with Gasteiger partial charge in [0.05, 0.1) is 6.33 Å². The molecule has 4 heteroatoms. The Morgan fingerprint density at radius 3 is 3.00 bits per heavy atom. The minimum absolute atomic E-state index is 0.893. The number of hydrogen-bond donors (Lipinski definition) is 2. The van der Waals surface area contributed by atoms with Crippen LogP contribution in [0.4, 0.5) is 0 Å². The van der Waals surface area contributed by atoms with E-state index in [1.807, 2.05) is 17.1 Å². The molecule has 1 heterocycles. The Kier molecular flexibility index (Phi) is 4.08. The third kappa shape index (κ3) is 3.43. The maximum absolute atomic E-state index is 4.09. The third-order valence-electron chi connectivity index (χ3n) is 1.39. The summed E-state index contributed by atoms with van der Waals surface area (Å²) in [6, 6.07) is 0. The van der Waals surface area contributed by atoms with Gasteiger partial charge < -0.3 is 9.88 Å². The average Bonchev–Trinajstić information content (AvgIpc) is 2.50. The molecule has 0 fully saturated rings. The van der Waals surface area contributed by atoms with Gasteiger partial charge in [0.1, 0.15) is 0 Å². The average molecular weight is 171 g/mol. The quantitative estimate of drug-likeness (QED) is 0.496. The van der Waals surface area contributed by atoms with Crippen LogP contribution in [-0.2, 0) is 6.54 Å². The second-order valence-corrected chi connectivity index (χ2v) is 2.72. The predicted molar refractivity (Wildman–Crippen MR) is 48.9 cm³/mol. The van der Waals surface area contributed by atoms with Crippen LogP contribution in [0.2, 0.25) is 0 Å². The first kappa shape index (κ1) is 8.62. The molecule has 1 aromatic heterocycles.